The van der Waals surface area contributed by atoms with Crippen LogP contribution in [0.4, 0.5) is 0 Å². The van der Waals surface area contributed by atoms with E-state index in [1.165, 1.54) is 0 Å². The molecule has 0 saturated heterocycles. The summed E-state index contributed by atoms with van der Waals surface area (Å²) in [6.45, 7) is 2.13. The highest BCUT2D eigenvalue weighted by Gasteiger charge is 2.42. The summed E-state index contributed by atoms with van der Waals surface area (Å²) in [6.07, 6.45) is 1.49. The van der Waals surface area contributed by atoms with Gasteiger partial charge in [-0.15, -0.1) is 0 Å². The smallest absolute Gasteiger partial charge is 0.336 e. The SMILES string of the molecule is CC1=C(C(=O)OCCc2ccccc2)C(c2cc3c(cc2Cl)OCO3)C2=C(CC(c3ccc(Cl)cc3)CC2=O)N1. The Morgan fingerprint density at radius 1 is 1.00 bits per heavy atom. The van der Waals surface area contributed by atoms with E-state index in [1.54, 1.807) is 12.1 Å². The first-order valence-corrected chi connectivity index (χ1v) is 13.9. The predicted molar refractivity (Wildman–Crippen MR) is 153 cm³/mol. The lowest BCUT2D eigenvalue weighted by Gasteiger charge is -2.37. The number of carbonyl (C=O) groups excluding carboxylic acids is 2. The number of dihydropyridines is 1. The van der Waals surface area contributed by atoms with Crippen molar-refractivity contribution in [3.05, 3.63) is 116 Å². The van der Waals surface area contributed by atoms with Gasteiger partial charge in [-0.2, -0.15) is 0 Å². The highest BCUT2D eigenvalue weighted by molar-refractivity contribution is 6.32. The fraction of sp³-hybridized carbons (Fsp3) is 0.250. The predicted octanol–water partition coefficient (Wildman–Crippen LogP) is 6.87. The maximum absolute atomic E-state index is 13.9. The number of ether oxygens (including phenoxy) is 3. The van der Waals surface area contributed by atoms with Crippen LogP contribution in [0, 0.1) is 0 Å². The highest BCUT2D eigenvalue weighted by Crippen LogP contribution is 2.49. The van der Waals surface area contributed by atoms with Gasteiger partial charge in [-0.05, 0) is 54.2 Å². The van der Waals surface area contributed by atoms with Crippen LogP contribution in [0.2, 0.25) is 10.0 Å². The van der Waals surface area contributed by atoms with E-state index < -0.39 is 11.9 Å². The summed E-state index contributed by atoms with van der Waals surface area (Å²) in [5, 5.41) is 4.42. The molecule has 2 unspecified atom stereocenters. The van der Waals surface area contributed by atoms with Crippen LogP contribution in [0.1, 0.15) is 48.3 Å². The Bertz CT molecular complexity index is 1550. The van der Waals surface area contributed by atoms with E-state index in [9.17, 15) is 9.59 Å². The Kier molecular flexibility index (Phi) is 7.30. The van der Waals surface area contributed by atoms with Crippen molar-refractivity contribution >= 4 is 35.0 Å². The third-order valence-electron chi connectivity index (χ3n) is 7.66. The summed E-state index contributed by atoms with van der Waals surface area (Å²) in [4.78, 5) is 27.5. The highest BCUT2D eigenvalue weighted by atomic mass is 35.5. The molecule has 0 saturated carbocycles. The first-order chi connectivity index (χ1) is 19.4. The van der Waals surface area contributed by atoms with Crippen LogP contribution >= 0.6 is 23.2 Å². The molecule has 3 aromatic rings. The normalized spacial score (nSPS) is 19.8. The second kappa shape index (κ2) is 11.0. The zero-order valence-corrected chi connectivity index (χ0v) is 23.4. The Hall–Kier alpha value is -3.74. The number of fused-ring (bicyclic) bond motifs is 1. The van der Waals surface area contributed by atoms with Crippen LogP contribution < -0.4 is 14.8 Å². The summed E-state index contributed by atoms with van der Waals surface area (Å²) < 4.78 is 16.9. The number of hydrogen-bond acceptors (Lipinski definition) is 6. The van der Waals surface area contributed by atoms with E-state index in [1.807, 2.05) is 61.5 Å². The molecule has 6 rings (SSSR count). The van der Waals surface area contributed by atoms with Gasteiger partial charge in [0.1, 0.15) is 0 Å². The third-order valence-corrected chi connectivity index (χ3v) is 8.24. The fourth-order valence-corrected chi connectivity index (χ4v) is 6.12. The van der Waals surface area contributed by atoms with Crippen molar-refractivity contribution in [1.29, 1.82) is 0 Å². The lowest BCUT2D eigenvalue weighted by Crippen LogP contribution is -2.36. The molecule has 3 aromatic carbocycles. The maximum Gasteiger partial charge on any atom is 0.336 e. The molecule has 2 atom stereocenters. The molecule has 0 amide bonds. The molecule has 0 aromatic heterocycles. The molecule has 40 heavy (non-hydrogen) atoms. The summed E-state index contributed by atoms with van der Waals surface area (Å²) in [7, 11) is 0. The molecule has 6 nitrogen and oxygen atoms in total. The number of esters is 1. The van der Waals surface area contributed by atoms with Gasteiger partial charge in [0.15, 0.2) is 17.3 Å². The molecular weight excluding hydrogens is 549 g/mol. The number of rotatable bonds is 6. The Morgan fingerprint density at radius 3 is 2.48 bits per heavy atom. The minimum absolute atomic E-state index is 0.0175. The molecule has 0 bridgehead atoms. The molecule has 8 heteroatoms. The van der Waals surface area contributed by atoms with Gasteiger partial charge in [0.25, 0.3) is 0 Å². The van der Waals surface area contributed by atoms with E-state index in [2.05, 4.69) is 5.32 Å². The van der Waals surface area contributed by atoms with Crippen LogP contribution in [0.5, 0.6) is 11.5 Å². The maximum atomic E-state index is 13.9. The minimum atomic E-state index is -0.707. The van der Waals surface area contributed by atoms with Gasteiger partial charge in [0.05, 0.1) is 12.2 Å². The Morgan fingerprint density at radius 2 is 1.73 bits per heavy atom. The largest absolute Gasteiger partial charge is 0.462 e. The molecule has 2 aliphatic heterocycles. The van der Waals surface area contributed by atoms with E-state index in [4.69, 9.17) is 37.4 Å². The molecule has 1 aliphatic carbocycles. The van der Waals surface area contributed by atoms with Gasteiger partial charge in [-0.3, -0.25) is 4.79 Å². The van der Waals surface area contributed by atoms with Crippen molar-refractivity contribution < 1.29 is 23.8 Å². The molecule has 3 aliphatic rings. The van der Waals surface area contributed by atoms with Gasteiger partial charge in [-0.1, -0.05) is 65.7 Å². The molecule has 204 valence electrons. The zero-order valence-electron chi connectivity index (χ0n) is 21.8. The van der Waals surface area contributed by atoms with Gasteiger partial charge >= 0.3 is 5.97 Å². The lowest BCUT2D eigenvalue weighted by atomic mass is 9.71. The Balaban J connectivity index is 1.36. The standard InChI is InChI=1S/C32H27Cl2NO5/c1-18-29(32(37)38-12-11-19-5-3-2-4-6-19)30(23-15-27-28(16-24(23)34)40-17-39-27)31-25(35-18)13-21(14-26(31)36)20-7-9-22(33)10-8-20/h2-10,15-16,21,30,35H,11-14,17H2,1H3. The molecule has 1 N–H and O–H groups in total. The average Bonchev–Trinajstić information content (AvgIpc) is 3.40. The van der Waals surface area contributed by atoms with Crippen molar-refractivity contribution in [2.75, 3.05) is 13.4 Å². The van der Waals surface area contributed by atoms with Gasteiger partial charge < -0.3 is 19.5 Å². The molecule has 2 heterocycles. The van der Waals surface area contributed by atoms with E-state index in [0.717, 1.165) is 16.8 Å². The fourth-order valence-electron chi connectivity index (χ4n) is 5.73. The van der Waals surface area contributed by atoms with Gasteiger partial charge in [-0.25, -0.2) is 4.79 Å². The number of halogens is 2. The second-order valence-electron chi connectivity index (χ2n) is 10.2. The lowest BCUT2D eigenvalue weighted by molar-refractivity contribution is -0.139. The van der Waals surface area contributed by atoms with Crippen molar-refractivity contribution in [2.24, 2.45) is 0 Å². The number of ketones is 1. The van der Waals surface area contributed by atoms with Crippen LogP contribution in [0.3, 0.4) is 0 Å². The number of benzene rings is 3. The average molecular weight is 576 g/mol. The third kappa shape index (κ3) is 5.09. The van der Waals surface area contributed by atoms with Crippen LogP contribution in [-0.2, 0) is 20.7 Å². The summed E-state index contributed by atoms with van der Waals surface area (Å²) in [5.74, 6) is -0.204. The second-order valence-corrected chi connectivity index (χ2v) is 11.0. The number of allylic oxidation sites excluding steroid dienone is 3. The van der Waals surface area contributed by atoms with Crippen molar-refractivity contribution in [3.63, 3.8) is 0 Å². The van der Waals surface area contributed by atoms with Crippen molar-refractivity contribution in [3.8, 4) is 11.5 Å². The van der Waals surface area contributed by atoms with E-state index in [0.29, 0.717) is 63.2 Å². The quantitative estimate of drug-likeness (QED) is 0.323. The van der Waals surface area contributed by atoms with Crippen LogP contribution in [0.25, 0.3) is 0 Å². The molecule has 0 fully saturated rings. The molecular formula is C32H27Cl2NO5. The minimum Gasteiger partial charge on any atom is -0.462 e. The molecule has 0 radical (unpaired) electrons. The van der Waals surface area contributed by atoms with Gasteiger partial charge in [0, 0.05) is 51.8 Å². The van der Waals surface area contributed by atoms with Crippen molar-refractivity contribution in [2.45, 2.75) is 38.0 Å². The van der Waals surface area contributed by atoms with Crippen LogP contribution in [0.15, 0.2) is 89.3 Å². The van der Waals surface area contributed by atoms with Crippen molar-refractivity contribution in [1.82, 2.24) is 5.32 Å². The monoisotopic (exact) mass is 575 g/mol. The Labute approximate surface area is 242 Å². The van der Waals surface area contributed by atoms with Gasteiger partial charge in [0.2, 0.25) is 6.79 Å². The summed E-state index contributed by atoms with van der Waals surface area (Å²) in [6, 6.07) is 20.9. The zero-order chi connectivity index (χ0) is 27.8. The summed E-state index contributed by atoms with van der Waals surface area (Å²) >= 11 is 12.9. The first kappa shape index (κ1) is 26.5. The number of Topliss-reactive ketones (excluding diaryl/α,β-unsaturated/α-hetero) is 1. The molecule has 0 spiro atoms. The topological polar surface area (TPSA) is 73.9 Å². The first-order valence-electron chi connectivity index (χ1n) is 13.2. The number of hydrogen-bond donors (Lipinski definition) is 1. The van der Waals surface area contributed by atoms with E-state index in [-0.39, 0.29) is 25.1 Å². The van der Waals surface area contributed by atoms with E-state index >= 15 is 0 Å². The van der Waals surface area contributed by atoms with Crippen LogP contribution in [-0.4, -0.2) is 25.2 Å². The number of carbonyl (C=O) groups is 2. The number of nitrogens with one attached hydrogen (secondary N) is 1. The summed E-state index contributed by atoms with van der Waals surface area (Å²) in [5.41, 5.74) is 5.03.